The molecular formula is C19H15BrN2O2. The Bertz CT molecular complexity index is 843. The van der Waals surface area contributed by atoms with Gasteiger partial charge in [-0.2, -0.15) is 0 Å². The molecule has 120 valence electrons. The number of nitrogens with one attached hydrogen (secondary N) is 1. The van der Waals surface area contributed by atoms with Crippen LogP contribution in [-0.2, 0) is 9.59 Å². The first kappa shape index (κ1) is 16.2. The maximum absolute atomic E-state index is 12.7. The molecule has 0 bridgehead atoms. The summed E-state index contributed by atoms with van der Waals surface area (Å²) in [4.78, 5) is 26.6. The lowest BCUT2D eigenvalue weighted by Crippen LogP contribution is -2.32. The molecule has 0 spiro atoms. The fourth-order valence-electron chi connectivity index (χ4n) is 2.57. The van der Waals surface area contributed by atoms with Gasteiger partial charge >= 0.3 is 0 Å². The number of imide groups is 1. The Kier molecular flexibility index (Phi) is 4.62. The van der Waals surface area contributed by atoms with Crippen LogP contribution in [0, 0.1) is 0 Å². The minimum atomic E-state index is -0.348. The van der Waals surface area contributed by atoms with E-state index < -0.39 is 0 Å². The van der Waals surface area contributed by atoms with Gasteiger partial charge in [-0.25, -0.2) is 0 Å². The molecule has 0 unspecified atom stereocenters. The summed E-state index contributed by atoms with van der Waals surface area (Å²) in [5.41, 5.74) is 2.10. The number of nitrogens with zero attached hydrogens (tertiary/aromatic N) is 1. The normalized spacial score (nSPS) is 14.3. The van der Waals surface area contributed by atoms with E-state index in [4.69, 9.17) is 0 Å². The predicted octanol–water partition coefficient (Wildman–Crippen LogP) is 3.83. The van der Waals surface area contributed by atoms with Gasteiger partial charge in [-0.3, -0.25) is 14.5 Å². The Morgan fingerprint density at radius 2 is 1.79 bits per heavy atom. The molecule has 0 aliphatic carbocycles. The van der Waals surface area contributed by atoms with Crippen LogP contribution in [0.3, 0.4) is 0 Å². The maximum atomic E-state index is 12.7. The van der Waals surface area contributed by atoms with Crippen LogP contribution in [0.1, 0.15) is 5.56 Å². The van der Waals surface area contributed by atoms with Crippen molar-refractivity contribution in [3.05, 3.63) is 83.0 Å². The Balaban J connectivity index is 2.08. The molecule has 1 aliphatic heterocycles. The van der Waals surface area contributed by atoms with E-state index in [-0.39, 0.29) is 24.1 Å². The zero-order chi connectivity index (χ0) is 17.1. The van der Waals surface area contributed by atoms with E-state index in [1.165, 1.54) is 4.90 Å². The summed E-state index contributed by atoms with van der Waals surface area (Å²) in [6, 6.07) is 16.6. The van der Waals surface area contributed by atoms with Crippen molar-refractivity contribution in [2.45, 2.75) is 0 Å². The Morgan fingerprint density at radius 1 is 1.04 bits per heavy atom. The number of benzene rings is 2. The molecule has 1 N–H and O–H groups in total. The SMILES string of the molecule is C=CCN1C(=O)C(Nc2cccc(Br)c2)=C(c2ccccc2)C1=O. The van der Waals surface area contributed by atoms with Crippen LogP contribution in [0.4, 0.5) is 5.69 Å². The highest BCUT2D eigenvalue weighted by atomic mass is 79.9. The van der Waals surface area contributed by atoms with Crippen molar-refractivity contribution in [3.63, 3.8) is 0 Å². The Labute approximate surface area is 148 Å². The van der Waals surface area contributed by atoms with Crippen molar-refractivity contribution in [2.24, 2.45) is 0 Å². The highest BCUT2D eigenvalue weighted by Crippen LogP contribution is 2.30. The standard InChI is InChI=1S/C19H15BrN2O2/c1-2-11-22-18(23)16(13-7-4-3-5-8-13)17(19(22)24)21-15-10-6-9-14(20)12-15/h2-10,12,21H,1,11H2. The van der Waals surface area contributed by atoms with Gasteiger partial charge in [0.1, 0.15) is 5.70 Å². The highest BCUT2D eigenvalue weighted by Gasteiger charge is 2.38. The summed E-state index contributed by atoms with van der Waals surface area (Å²) < 4.78 is 0.883. The van der Waals surface area contributed by atoms with Crippen molar-refractivity contribution in [1.29, 1.82) is 0 Å². The summed E-state index contributed by atoms with van der Waals surface area (Å²) in [5.74, 6) is -0.665. The zero-order valence-corrected chi connectivity index (χ0v) is 14.4. The topological polar surface area (TPSA) is 49.4 Å². The quantitative estimate of drug-likeness (QED) is 0.631. The van der Waals surface area contributed by atoms with Crippen LogP contribution in [0.2, 0.25) is 0 Å². The molecule has 0 radical (unpaired) electrons. The average molecular weight is 383 g/mol. The van der Waals surface area contributed by atoms with Crippen LogP contribution >= 0.6 is 15.9 Å². The van der Waals surface area contributed by atoms with Gasteiger partial charge < -0.3 is 5.32 Å². The van der Waals surface area contributed by atoms with Gasteiger partial charge in [0.05, 0.1) is 5.57 Å². The first-order chi connectivity index (χ1) is 11.6. The number of hydrogen-bond donors (Lipinski definition) is 1. The van der Waals surface area contributed by atoms with Crippen molar-refractivity contribution in [1.82, 2.24) is 4.90 Å². The molecular weight excluding hydrogens is 368 g/mol. The first-order valence-corrected chi connectivity index (χ1v) is 8.20. The van der Waals surface area contributed by atoms with Crippen molar-refractivity contribution in [3.8, 4) is 0 Å². The second kappa shape index (κ2) is 6.84. The van der Waals surface area contributed by atoms with E-state index in [9.17, 15) is 9.59 Å². The third kappa shape index (κ3) is 3.03. The molecule has 24 heavy (non-hydrogen) atoms. The lowest BCUT2D eigenvalue weighted by atomic mass is 10.0. The van der Waals surface area contributed by atoms with Crippen LogP contribution in [0.15, 0.2) is 77.4 Å². The van der Waals surface area contributed by atoms with Gasteiger partial charge in [-0.1, -0.05) is 58.4 Å². The average Bonchev–Trinajstić information content (AvgIpc) is 2.81. The van der Waals surface area contributed by atoms with Crippen molar-refractivity contribution in [2.75, 3.05) is 11.9 Å². The van der Waals surface area contributed by atoms with E-state index in [0.717, 1.165) is 10.2 Å². The second-order valence-electron chi connectivity index (χ2n) is 5.26. The number of rotatable bonds is 5. The lowest BCUT2D eigenvalue weighted by molar-refractivity contribution is -0.136. The smallest absolute Gasteiger partial charge is 0.278 e. The summed E-state index contributed by atoms with van der Waals surface area (Å²) in [5, 5.41) is 3.10. The van der Waals surface area contributed by atoms with E-state index in [0.29, 0.717) is 11.1 Å². The molecule has 2 aromatic carbocycles. The van der Waals surface area contributed by atoms with Crippen molar-refractivity contribution >= 4 is 39.0 Å². The summed E-state index contributed by atoms with van der Waals surface area (Å²) in [6.07, 6.45) is 1.54. The van der Waals surface area contributed by atoms with E-state index in [1.807, 2.05) is 54.6 Å². The molecule has 0 saturated carbocycles. The van der Waals surface area contributed by atoms with Crippen LogP contribution in [0.25, 0.3) is 5.57 Å². The molecule has 3 rings (SSSR count). The minimum absolute atomic E-state index is 0.178. The predicted molar refractivity (Wildman–Crippen MR) is 98.0 cm³/mol. The van der Waals surface area contributed by atoms with Crippen LogP contribution in [-0.4, -0.2) is 23.3 Å². The number of carbonyl (C=O) groups excluding carboxylic acids is 2. The zero-order valence-electron chi connectivity index (χ0n) is 12.8. The first-order valence-electron chi connectivity index (χ1n) is 7.41. The molecule has 1 heterocycles. The van der Waals surface area contributed by atoms with Gasteiger partial charge in [0.15, 0.2) is 0 Å². The van der Waals surface area contributed by atoms with E-state index >= 15 is 0 Å². The highest BCUT2D eigenvalue weighted by molar-refractivity contribution is 9.10. The third-order valence-corrected chi connectivity index (χ3v) is 4.13. The third-order valence-electron chi connectivity index (χ3n) is 3.64. The van der Waals surface area contributed by atoms with Gasteiger partial charge in [0.2, 0.25) is 0 Å². The van der Waals surface area contributed by atoms with Crippen LogP contribution < -0.4 is 5.32 Å². The molecule has 5 heteroatoms. The van der Waals surface area contributed by atoms with E-state index in [2.05, 4.69) is 27.8 Å². The second-order valence-corrected chi connectivity index (χ2v) is 6.18. The molecule has 2 amide bonds. The molecule has 0 fully saturated rings. The van der Waals surface area contributed by atoms with Crippen molar-refractivity contribution < 1.29 is 9.59 Å². The molecule has 4 nitrogen and oxygen atoms in total. The molecule has 2 aromatic rings. The number of amides is 2. The number of halogens is 1. The Hall–Kier alpha value is -2.66. The summed E-state index contributed by atoms with van der Waals surface area (Å²) in [6.45, 7) is 3.80. The van der Waals surface area contributed by atoms with Gasteiger partial charge in [-0.15, -0.1) is 6.58 Å². The minimum Gasteiger partial charge on any atom is -0.350 e. The number of hydrogen-bond acceptors (Lipinski definition) is 3. The van der Waals surface area contributed by atoms with Gasteiger partial charge in [-0.05, 0) is 23.8 Å². The van der Waals surface area contributed by atoms with Crippen LogP contribution in [0.5, 0.6) is 0 Å². The summed E-state index contributed by atoms with van der Waals surface area (Å²) in [7, 11) is 0. The molecule has 0 atom stereocenters. The monoisotopic (exact) mass is 382 g/mol. The molecule has 0 aromatic heterocycles. The molecule has 1 aliphatic rings. The largest absolute Gasteiger partial charge is 0.350 e. The Morgan fingerprint density at radius 3 is 2.46 bits per heavy atom. The van der Waals surface area contributed by atoms with Gasteiger partial charge in [0.25, 0.3) is 11.8 Å². The fraction of sp³-hybridized carbons (Fsp3) is 0.0526. The van der Waals surface area contributed by atoms with Gasteiger partial charge in [0, 0.05) is 16.7 Å². The molecule has 0 saturated heterocycles. The summed E-state index contributed by atoms with van der Waals surface area (Å²) >= 11 is 3.40. The fourth-order valence-corrected chi connectivity index (χ4v) is 2.97. The maximum Gasteiger partial charge on any atom is 0.278 e. The van der Waals surface area contributed by atoms with E-state index in [1.54, 1.807) is 6.08 Å². The number of carbonyl (C=O) groups is 2. The number of anilines is 1. The lowest BCUT2D eigenvalue weighted by Gasteiger charge is -2.12.